The zero-order valence-electron chi connectivity index (χ0n) is 13.6. The number of aromatic nitrogens is 3. The zero-order chi connectivity index (χ0) is 16.0. The van der Waals surface area contributed by atoms with E-state index in [0.29, 0.717) is 11.9 Å². The van der Waals surface area contributed by atoms with Gasteiger partial charge in [0.15, 0.2) is 0 Å². The average molecular weight is 329 g/mol. The number of nitrogens with zero attached hydrogens (tertiary/aromatic N) is 3. The predicted molar refractivity (Wildman–Crippen MR) is 93.5 cm³/mol. The van der Waals surface area contributed by atoms with Gasteiger partial charge in [-0.25, -0.2) is 0 Å². The molecule has 1 heterocycles. The van der Waals surface area contributed by atoms with Crippen molar-refractivity contribution in [2.45, 2.75) is 58.3 Å². The van der Waals surface area contributed by atoms with Gasteiger partial charge in [0.1, 0.15) is 0 Å². The van der Waals surface area contributed by atoms with E-state index in [1.165, 1.54) is 38.5 Å². The van der Waals surface area contributed by atoms with Gasteiger partial charge in [-0.05, 0) is 37.9 Å². The van der Waals surface area contributed by atoms with Crippen molar-refractivity contribution in [3.8, 4) is 0 Å². The summed E-state index contributed by atoms with van der Waals surface area (Å²) in [5.41, 5.74) is 5.47. The lowest BCUT2D eigenvalue weighted by Crippen LogP contribution is -2.09. The van der Waals surface area contributed by atoms with Crippen molar-refractivity contribution in [1.29, 1.82) is 0 Å². The van der Waals surface area contributed by atoms with Gasteiger partial charge in [0.25, 0.3) is 0 Å². The van der Waals surface area contributed by atoms with Gasteiger partial charge in [-0.1, -0.05) is 38.5 Å². The molecular formula is C15H29ClN6. The first kappa shape index (κ1) is 18.9. The Hall–Kier alpha value is -1.14. The molecular weight excluding hydrogens is 300 g/mol. The zero-order valence-corrected chi connectivity index (χ0v) is 14.3. The van der Waals surface area contributed by atoms with Crippen LogP contribution in [0, 0.1) is 0 Å². The fourth-order valence-corrected chi connectivity index (χ4v) is 2.36. The summed E-state index contributed by atoms with van der Waals surface area (Å²) < 4.78 is 0. The number of hydrogen-bond donors (Lipinski definition) is 3. The molecule has 1 aromatic heterocycles. The van der Waals surface area contributed by atoms with Gasteiger partial charge in [0, 0.05) is 13.1 Å². The Kier molecular flexibility index (Phi) is 10.7. The Morgan fingerprint density at radius 2 is 1.36 bits per heavy atom. The van der Waals surface area contributed by atoms with Crippen molar-refractivity contribution in [1.82, 2.24) is 15.0 Å². The molecule has 1 aromatic rings. The van der Waals surface area contributed by atoms with E-state index in [1.807, 2.05) is 6.92 Å². The Morgan fingerprint density at radius 3 is 1.95 bits per heavy atom. The molecule has 4 N–H and O–H groups in total. The maximum absolute atomic E-state index is 5.87. The maximum atomic E-state index is 5.87. The minimum absolute atomic E-state index is 0.214. The summed E-state index contributed by atoms with van der Waals surface area (Å²) in [7, 11) is 0. The molecule has 22 heavy (non-hydrogen) atoms. The van der Waals surface area contributed by atoms with E-state index in [9.17, 15) is 0 Å². The SMILES string of the molecule is CCNc1nc(Cl)nc(NCCCCCCCCCCN)n1. The van der Waals surface area contributed by atoms with E-state index >= 15 is 0 Å². The van der Waals surface area contributed by atoms with Crippen molar-refractivity contribution in [3.05, 3.63) is 5.28 Å². The lowest BCUT2D eigenvalue weighted by Gasteiger charge is -2.07. The van der Waals surface area contributed by atoms with Crippen LogP contribution in [0.4, 0.5) is 11.9 Å². The molecule has 0 aromatic carbocycles. The topological polar surface area (TPSA) is 88.8 Å². The molecule has 0 bridgehead atoms. The van der Waals surface area contributed by atoms with Crippen molar-refractivity contribution in [2.24, 2.45) is 5.73 Å². The van der Waals surface area contributed by atoms with Crippen LogP contribution in [0.3, 0.4) is 0 Å². The molecule has 0 spiro atoms. The highest BCUT2D eigenvalue weighted by Gasteiger charge is 2.03. The first-order chi connectivity index (χ1) is 10.8. The highest BCUT2D eigenvalue weighted by atomic mass is 35.5. The second-order valence-corrected chi connectivity index (χ2v) is 5.66. The number of rotatable bonds is 13. The van der Waals surface area contributed by atoms with Crippen LogP contribution in [-0.2, 0) is 0 Å². The molecule has 7 heteroatoms. The molecule has 0 saturated carbocycles. The molecule has 0 fully saturated rings. The lowest BCUT2D eigenvalue weighted by atomic mass is 10.1. The smallest absolute Gasteiger partial charge is 0.228 e. The molecule has 0 aliphatic carbocycles. The Balaban J connectivity index is 2.07. The van der Waals surface area contributed by atoms with Crippen molar-refractivity contribution in [2.75, 3.05) is 30.3 Å². The summed E-state index contributed by atoms with van der Waals surface area (Å²) in [6.07, 6.45) is 10.00. The number of halogens is 1. The summed E-state index contributed by atoms with van der Waals surface area (Å²) >= 11 is 5.87. The third kappa shape index (κ3) is 9.00. The number of hydrogen-bond acceptors (Lipinski definition) is 6. The van der Waals surface area contributed by atoms with Crippen LogP contribution in [0.2, 0.25) is 5.28 Å². The van der Waals surface area contributed by atoms with Gasteiger partial charge in [0.2, 0.25) is 17.2 Å². The summed E-state index contributed by atoms with van der Waals surface area (Å²) in [6, 6.07) is 0. The van der Waals surface area contributed by atoms with Gasteiger partial charge in [-0.15, -0.1) is 0 Å². The first-order valence-electron chi connectivity index (χ1n) is 8.35. The molecule has 0 unspecified atom stereocenters. The fourth-order valence-electron chi connectivity index (χ4n) is 2.20. The van der Waals surface area contributed by atoms with Gasteiger partial charge < -0.3 is 16.4 Å². The third-order valence-corrected chi connectivity index (χ3v) is 3.53. The van der Waals surface area contributed by atoms with Crippen LogP contribution in [0.15, 0.2) is 0 Å². The molecule has 0 atom stereocenters. The predicted octanol–water partition coefficient (Wildman–Crippen LogP) is 3.45. The van der Waals surface area contributed by atoms with Crippen LogP contribution in [0.25, 0.3) is 0 Å². The van der Waals surface area contributed by atoms with E-state index in [-0.39, 0.29) is 5.28 Å². The number of anilines is 2. The second kappa shape index (κ2) is 12.4. The highest BCUT2D eigenvalue weighted by molar-refractivity contribution is 6.28. The quantitative estimate of drug-likeness (QED) is 0.481. The van der Waals surface area contributed by atoms with Gasteiger partial charge in [-0.2, -0.15) is 15.0 Å². The molecule has 0 aliphatic rings. The van der Waals surface area contributed by atoms with E-state index in [2.05, 4.69) is 25.6 Å². The molecule has 6 nitrogen and oxygen atoms in total. The third-order valence-electron chi connectivity index (χ3n) is 3.36. The Morgan fingerprint density at radius 1 is 0.818 bits per heavy atom. The summed E-state index contributed by atoms with van der Waals surface area (Å²) in [5.74, 6) is 1.06. The molecule has 0 aliphatic heterocycles. The molecule has 126 valence electrons. The van der Waals surface area contributed by atoms with E-state index in [1.54, 1.807) is 0 Å². The minimum atomic E-state index is 0.214. The molecule has 0 saturated heterocycles. The van der Waals surface area contributed by atoms with Crippen LogP contribution >= 0.6 is 11.6 Å². The summed E-state index contributed by atoms with van der Waals surface area (Å²) in [5, 5.41) is 6.45. The van der Waals surface area contributed by atoms with Crippen molar-refractivity contribution < 1.29 is 0 Å². The van der Waals surface area contributed by atoms with Crippen LogP contribution in [0.5, 0.6) is 0 Å². The van der Waals surface area contributed by atoms with Gasteiger partial charge >= 0.3 is 0 Å². The van der Waals surface area contributed by atoms with E-state index in [0.717, 1.165) is 32.5 Å². The maximum Gasteiger partial charge on any atom is 0.228 e. The number of unbranched alkanes of at least 4 members (excludes halogenated alkanes) is 7. The fraction of sp³-hybridized carbons (Fsp3) is 0.800. The first-order valence-corrected chi connectivity index (χ1v) is 8.73. The average Bonchev–Trinajstić information content (AvgIpc) is 2.49. The van der Waals surface area contributed by atoms with Crippen LogP contribution < -0.4 is 16.4 Å². The highest BCUT2D eigenvalue weighted by Crippen LogP contribution is 2.11. The van der Waals surface area contributed by atoms with Crippen molar-refractivity contribution in [3.63, 3.8) is 0 Å². The molecule has 1 rings (SSSR count). The van der Waals surface area contributed by atoms with Crippen LogP contribution in [-0.4, -0.2) is 34.6 Å². The normalized spacial score (nSPS) is 10.7. The summed E-state index contributed by atoms with van der Waals surface area (Å²) in [6.45, 7) is 4.42. The minimum Gasteiger partial charge on any atom is -0.354 e. The van der Waals surface area contributed by atoms with E-state index in [4.69, 9.17) is 17.3 Å². The number of nitrogens with two attached hydrogens (primary N) is 1. The number of nitrogens with one attached hydrogen (secondary N) is 2. The standard InChI is InChI=1S/C15H29ClN6/c1-2-18-14-20-13(16)21-15(22-14)19-12-10-8-6-4-3-5-7-9-11-17/h2-12,17H2,1H3,(H2,18,19,20,21,22). The summed E-state index contributed by atoms with van der Waals surface area (Å²) in [4.78, 5) is 12.3. The van der Waals surface area contributed by atoms with Gasteiger partial charge in [-0.3, -0.25) is 0 Å². The Labute approximate surface area is 138 Å². The Bertz CT molecular complexity index is 402. The molecule has 0 radical (unpaired) electrons. The van der Waals surface area contributed by atoms with Crippen LogP contribution in [0.1, 0.15) is 58.3 Å². The van der Waals surface area contributed by atoms with Crippen molar-refractivity contribution >= 4 is 23.5 Å². The van der Waals surface area contributed by atoms with E-state index < -0.39 is 0 Å². The lowest BCUT2D eigenvalue weighted by molar-refractivity contribution is 0.574. The monoisotopic (exact) mass is 328 g/mol. The second-order valence-electron chi connectivity index (χ2n) is 5.33. The largest absolute Gasteiger partial charge is 0.354 e. The van der Waals surface area contributed by atoms with Gasteiger partial charge in [0.05, 0.1) is 0 Å². The molecule has 0 amide bonds.